The number of carbonyl (C=O) groups excluding carboxylic acids is 2. The minimum absolute atomic E-state index is 0.0277. The van der Waals surface area contributed by atoms with E-state index in [-0.39, 0.29) is 24.9 Å². The Morgan fingerprint density at radius 1 is 0.484 bits per heavy atom. The van der Waals surface area contributed by atoms with Crippen molar-refractivity contribution in [3.05, 3.63) is 97.2 Å². The molecule has 1 amide bonds. The highest BCUT2D eigenvalue weighted by atomic mass is 16.5. The van der Waals surface area contributed by atoms with Crippen LogP contribution >= 0.6 is 0 Å². The number of ether oxygens (including phenoxy) is 1. The number of allylic oxidation sites excluding steroid dienone is 16. The second-order valence-electron chi connectivity index (χ2n) is 16.8. The number of hydrogen-bond acceptors (Lipinski definition) is 5. The lowest BCUT2D eigenvalue weighted by Crippen LogP contribution is -2.46. The second-order valence-corrected chi connectivity index (χ2v) is 16.8. The van der Waals surface area contributed by atoms with Crippen molar-refractivity contribution in [2.45, 2.75) is 238 Å². The molecule has 3 N–H and O–H groups in total. The molecule has 3 unspecified atom stereocenters. The van der Waals surface area contributed by atoms with E-state index in [4.69, 9.17) is 4.74 Å². The van der Waals surface area contributed by atoms with E-state index in [1.165, 1.54) is 64.2 Å². The van der Waals surface area contributed by atoms with Crippen molar-refractivity contribution in [2.75, 3.05) is 6.61 Å². The molecule has 6 heteroatoms. The van der Waals surface area contributed by atoms with Crippen molar-refractivity contribution in [1.29, 1.82) is 0 Å². The van der Waals surface area contributed by atoms with Crippen LogP contribution in [-0.2, 0) is 14.3 Å². The molecule has 62 heavy (non-hydrogen) atoms. The maximum absolute atomic E-state index is 13.2. The summed E-state index contributed by atoms with van der Waals surface area (Å²) in [6, 6.07) is -0.727. The Hall–Kier alpha value is -3.22. The van der Waals surface area contributed by atoms with Crippen LogP contribution in [0.5, 0.6) is 0 Å². The third-order valence-electron chi connectivity index (χ3n) is 10.9. The number of unbranched alkanes of at least 4 members (excludes halogenated alkanes) is 16. The van der Waals surface area contributed by atoms with Gasteiger partial charge in [-0.15, -0.1) is 0 Å². The van der Waals surface area contributed by atoms with Gasteiger partial charge < -0.3 is 20.3 Å². The van der Waals surface area contributed by atoms with Crippen LogP contribution in [0.1, 0.15) is 220 Å². The van der Waals surface area contributed by atoms with E-state index in [0.717, 1.165) is 109 Å². The molecule has 0 heterocycles. The van der Waals surface area contributed by atoms with Crippen molar-refractivity contribution in [2.24, 2.45) is 0 Å². The topological polar surface area (TPSA) is 95.9 Å². The maximum atomic E-state index is 13.2. The van der Waals surface area contributed by atoms with Crippen molar-refractivity contribution in [1.82, 2.24) is 5.32 Å². The summed E-state index contributed by atoms with van der Waals surface area (Å²) >= 11 is 0. The second kappa shape index (κ2) is 48.8. The molecule has 0 aliphatic rings. The molecule has 0 spiro atoms. The first-order valence-electron chi connectivity index (χ1n) is 25.5. The summed E-state index contributed by atoms with van der Waals surface area (Å²) in [7, 11) is 0. The molecule has 3 atom stereocenters. The number of amides is 1. The number of rotatable bonds is 44. The van der Waals surface area contributed by atoms with Gasteiger partial charge >= 0.3 is 5.97 Å². The molecule has 0 fully saturated rings. The Labute approximate surface area is 382 Å². The molecule has 0 radical (unpaired) electrons. The highest BCUT2D eigenvalue weighted by molar-refractivity contribution is 5.77. The molecule has 0 aliphatic carbocycles. The van der Waals surface area contributed by atoms with Gasteiger partial charge in [0.2, 0.25) is 5.91 Å². The van der Waals surface area contributed by atoms with Crippen LogP contribution in [0.25, 0.3) is 0 Å². The summed E-state index contributed by atoms with van der Waals surface area (Å²) in [5.74, 6) is -0.553. The van der Waals surface area contributed by atoms with E-state index in [1.54, 1.807) is 0 Å². The van der Waals surface area contributed by atoms with Gasteiger partial charge in [0, 0.05) is 6.42 Å². The van der Waals surface area contributed by atoms with Crippen LogP contribution < -0.4 is 5.32 Å². The third kappa shape index (κ3) is 43.4. The van der Waals surface area contributed by atoms with Crippen molar-refractivity contribution < 1.29 is 24.5 Å². The minimum Gasteiger partial charge on any atom is -0.462 e. The summed E-state index contributed by atoms with van der Waals surface area (Å²) < 4.78 is 5.90. The third-order valence-corrected chi connectivity index (χ3v) is 10.9. The molecular weight excluding hydrogens is 767 g/mol. The highest BCUT2D eigenvalue weighted by Crippen LogP contribution is 2.16. The number of aliphatic hydroxyl groups excluding tert-OH is 2. The first-order valence-corrected chi connectivity index (χ1v) is 25.5. The van der Waals surface area contributed by atoms with Gasteiger partial charge in [-0.1, -0.05) is 208 Å². The van der Waals surface area contributed by atoms with Crippen LogP contribution in [0.2, 0.25) is 0 Å². The molecule has 0 bridgehead atoms. The van der Waals surface area contributed by atoms with E-state index in [9.17, 15) is 19.8 Å². The van der Waals surface area contributed by atoms with Crippen LogP contribution in [0.15, 0.2) is 97.2 Å². The van der Waals surface area contributed by atoms with Crippen LogP contribution in [0.4, 0.5) is 0 Å². The zero-order valence-electron chi connectivity index (χ0n) is 40.2. The van der Waals surface area contributed by atoms with Gasteiger partial charge in [-0.3, -0.25) is 9.59 Å². The van der Waals surface area contributed by atoms with Gasteiger partial charge in [-0.05, 0) is 96.3 Å². The Morgan fingerprint density at radius 2 is 0.887 bits per heavy atom. The molecule has 0 saturated carbocycles. The quantitative estimate of drug-likeness (QED) is 0.0322. The Morgan fingerprint density at radius 3 is 1.35 bits per heavy atom. The zero-order valence-corrected chi connectivity index (χ0v) is 40.2. The Bertz CT molecular complexity index is 1240. The average Bonchev–Trinajstić information content (AvgIpc) is 3.26. The number of esters is 1. The van der Waals surface area contributed by atoms with Crippen LogP contribution in [0, 0.1) is 0 Å². The van der Waals surface area contributed by atoms with E-state index >= 15 is 0 Å². The van der Waals surface area contributed by atoms with E-state index < -0.39 is 18.2 Å². The number of carbonyl (C=O) groups is 2. The van der Waals surface area contributed by atoms with E-state index in [1.807, 2.05) is 0 Å². The lowest BCUT2D eigenvalue weighted by molar-refractivity contribution is -0.151. The Balaban J connectivity index is 4.74. The van der Waals surface area contributed by atoms with Crippen LogP contribution in [-0.4, -0.2) is 46.9 Å². The largest absolute Gasteiger partial charge is 0.462 e. The lowest BCUT2D eigenvalue weighted by atomic mass is 10.0. The summed E-state index contributed by atoms with van der Waals surface area (Å²) in [5.41, 5.74) is 0. The normalized spacial score (nSPS) is 14.1. The summed E-state index contributed by atoms with van der Waals surface area (Å²) in [5, 5.41) is 23.7. The fourth-order valence-electron chi connectivity index (χ4n) is 7.12. The molecule has 0 aromatic carbocycles. The predicted octanol–water partition coefficient (Wildman–Crippen LogP) is 15.3. The molecular formula is C56H95NO5. The molecule has 6 nitrogen and oxygen atoms in total. The standard InChI is InChI=1S/C56H95NO5/c1-4-7-10-13-16-19-22-24-26-28-29-31-33-35-38-41-44-47-52(50-55(60)57-53(51-58)54(59)48-45-42-39-36-21-18-15-12-9-6-3)62-56(61)49-46-43-40-37-34-32-30-27-25-23-20-17-14-11-8-5-2/h7-8,10-11,16-17,19-20,24-27,29,31,35,38,52-54,58-59H,4-6,9,12-15,18,21-23,28,30,32-34,36-37,39-51H2,1-3H3,(H,57,60)/b10-7-,11-8+,19-16-,20-17+,26-24-,27-25+,31-29-,38-35-. The van der Waals surface area contributed by atoms with Gasteiger partial charge in [0.1, 0.15) is 6.10 Å². The van der Waals surface area contributed by atoms with E-state index in [0.29, 0.717) is 19.3 Å². The van der Waals surface area contributed by atoms with Crippen molar-refractivity contribution >= 4 is 11.9 Å². The maximum Gasteiger partial charge on any atom is 0.306 e. The smallest absolute Gasteiger partial charge is 0.306 e. The molecule has 0 rings (SSSR count). The molecule has 0 aromatic heterocycles. The molecule has 0 aromatic rings. The van der Waals surface area contributed by atoms with Gasteiger partial charge in [0.25, 0.3) is 0 Å². The minimum atomic E-state index is -0.809. The predicted molar refractivity (Wildman–Crippen MR) is 268 cm³/mol. The van der Waals surface area contributed by atoms with Crippen molar-refractivity contribution in [3.8, 4) is 0 Å². The van der Waals surface area contributed by atoms with Gasteiger partial charge in [-0.25, -0.2) is 0 Å². The van der Waals surface area contributed by atoms with Gasteiger partial charge in [0.15, 0.2) is 0 Å². The highest BCUT2D eigenvalue weighted by Gasteiger charge is 2.24. The number of nitrogens with one attached hydrogen (secondary N) is 1. The lowest BCUT2D eigenvalue weighted by Gasteiger charge is -2.24. The fraction of sp³-hybridized carbons (Fsp3) is 0.679. The SMILES string of the molecule is CC/C=C\C/C=C\C/C=C\C/C=C\C/C=C\CCCC(CC(=O)NC(CO)C(O)CCCCCCCCCCCC)OC(=O)CCCCCCCC/C=C/C/C=C/C/C=C/CC. The number of aliphatic hydroxyl groups is 2. The fourth-order valence-corrected chi connectivity index (χ4v) is 7.12. The summed E-state index contributed by atoms with van der Waals surface area (Å²) in [6.45, 7) is 6.22. The zero-order chi connectivity index (χ0) is 45.2. The summed E-state index contributed by atoms with van der Waals surface area (Å²) in [6.07, 6.45) is 64.7. The monoisotopic (exact) mass is 862 g/mol. The Kier molecular flexibility index (Phi) is 46.3. The van der Waals surface area contributed by atoms with Crippen molar-refractivity contribution in [3.63, 3.8) is 0 Å². The first-order chi connectivity index (χ1) is 30.5. The average molecular weight is 862 g/mol. The number of hydrogen-bond donors (Lipinski definition) is 3. The molecule has 0 saturated heterocycles. The van der Waals surface area contributed by atoms with E-state index in [2.05, 4.69) is 123 Å². The van der Waals surface area contributed by atoms with Crippen LogP contribution in [0.3, 0.4) is 0 Å². The molecule has 354 valence electrons. The van der Waals surface area contributed by atoms with Gasteiger partial charge in [-0.2, -0.15) is 0 Å². The summed E-state index contributed by atoms with van der Waals surface area (Å²) in [4.78, 5) is 26.1. The first kappa shape index (κ1) is 58.8. The van der Waals surface area contributed by atoms with Gasteiger partial charge in [0.05, 0.1) is 25.2 Å². The molecule has 0 aliphatic heterocycles.